The van der Waals surface area contributed by atoms with Gasteiger partial charge in [-0.2, -0.15) is 0 Å². The van der Waals surface area contributed by atoms with Gasteiger partial charge in [-0.15, -0.1) is 0 Å². The third kappa shape index (κ3) is 2.02. The van der Waals surface area contributed by atoms with E-state index in [0.29, 0.717) is 11.1 Å². The Morgan fingerprint density at radius 3 is 2.24 bits per heavy atom. The van der Waals surface area contributed by atoms with E-state index in [1.807, 2.05) is 0 Å². The number of fused-ring (bicyclic) bond motifs is 1. The van der Waals surface area contributed by atoms with Crippen molar-refractivity contribution in [1.82, 2.24) is 0 Å². The average Bonchev–Trinajstić information content (AvgIpc) is 2.47. The molecule has 0 bridgehead atoms. The molecule has 21 heavy (non-hydrogen) atoms. The zero-order valence-electron chi connectivity index (χ0n) is 10.7. The molecule has 0 radical (unpaired) electrons. The molecule has 0 aromatic heterocycles. The summed E-state index contributed by atoms with van der Waals surface area (Å²) in [6.07, 6.45) is 0.0889. The van der Waals surface area contributed by atoms with Gasteiger partial charge in [0.2, 0.25) is 11.5 Å². The third-order valence-electron chi connectivity index (χ3n) is 3.33. The van der Waals surface area contributed by atoms with E-state index < -0.39 is 23.4 Å². The van der Waals surface area contributed by atoms with Crippen molar-refractivity contribution in [3.05, 3.63) is 47.7 Å². The Morgan fingerprint density at radius 1 is 0.905 bits per heavy atom. The Bertz CT molecular complexity index is 733. The second-order valence-electron chi connectivity index (χ2n) is 4.65. The van der Waals surface area contributed by atoms with Crippen LogP contribution in [-0.2, 0) is 0 Å². The first kappa shape index (κ1) is 13.1. The maximum atomic E-state index is 10.4. The summed E-state index contributed by atoms with van der Waals surface area (Å²) in [5.74, 6) is -1.92. The summed E-state index contributed by atoms with van der Waals surface area (Å²) >= 11 is 0. The minimum atomic E-state index is -1.16. The minimum absolute atomic E-state index is 0.0891. The summed E-state index contributed by atoms with van der Waals surface area (Å²) in [6.45, 7) is 0. The van der Waals surface area contributed by atoms with Crippen molar-refractivity contribution in [1.29, 1.82) is 0 Å². The number of phenols is 4. The number of aliphatic hydroxyl groups is 1. The molecule has 0 saturated heterocycles. The molecule has 0 fully saturated rings. The van der Waals surface area contributed by atoms with Gasteiger partial charge in [-0.1, -0.05) is 12.1 Å². The monoisotopic (exact) mass is 288 g/mol. The molecule has 6 nitrogen and oxygen atoms in total. The Labute approximate surface area is 119 Å². The van der Waals surface area contributed by atoms with Gasteiger partial charge >= 0.3 is 0 Å². The van der Waals surface area contributed by atoms with Crippen LogP contribution in [-0.4, -0.2) is 25.5 Å². The molecule has 1 heterocycles. The zero-order chi connectivity index (χ0) is 15.1. The van der Waals surface area contributed by atoms with Crippen LogP contribution >= 0.6 is 0 Å². The molecule has 2 aromatic carbocycles. The molecule has 1 unspecified atom stereocenters. The van der Waals surface area contributed by atoms with Crippen LogP contribution in [0.5, 0.6) is 28.7 Å². The summed E-state index contributed by atoms with van der Waals surface area (Å²) in [5.41, 5.74) is 1.14. The van der Waals surface area contributed by atoms with Crippen LogP contribution < -0.4 is 4.74 Å². The second kappa shape index (κ2) is 4.60. The van der Waals surface area contributed by atoms with E-state index >= 15 is 0 Å². The normalized spacial score (nSPS) is 16.8. The molecule has 5 N–H and O–H groups in total. The number of benzene rings is 2. The van der Waals surface area contributed by atoms with Gasteiger partial charge in [0.1, 0.15) is 11.9 Å². The summed E-state index contributed by atoms with van der Waals surface area (Å²) < 4.78 is 5.25. The van der Waals surface area contributed by atoms with Gasteiger partial charge in [-0.3, -0.25) is 0 Å². The third-order valence-corrected chi connectivity index (χ3v) is 3.33. The van der Waals surface area contributed by atoms with Crippen LogP contribution in [0.2, 0.25) is 0 Å². The highest BCUT2D eigenvalue weighted by Crippen LogP contribution is 2.50. The van der Waals surface area contributed by atoms with E-state index in [2.05, 4.69) is 0 Å². The Hall–Kier alpha value is -2.86. The van der Waals surface area contributed by atoms with Gasteiger partial charge in [0.15, 0.2) is 11.5 Å². The molecule has 0 amide bonds. The van der Waals surface area contributed by atoms with Crippen molar-refractivity contribution >= 4 is 5.57 Å². The van der Waals surface area contributed by atoms with Gasteiger partial charge in [-0.05, 0) is 23.8 Å². The number of hydrogen-bond donors (Lipinski definition) is 5. The number of hydrogen-bond acceptors (Lipinski definition) is 6. The first-order chi connectivity index (χ1) is 9.99. The topological polar surface area (TPSA) is 110 Å². The fraction of sp³-hybridized carbons (Fsp3) is 0.0667. The maximum Gasteiger partial charge on any atom is 0.205 e. The van der Waals surface area contributed by atoms with Crippen molar-refractivity contribution in [3.8, 4) is 28.7 Å². The molecule has 0 aliphatic carbocycles. The lowest BCUT2D eigenvalue weighted by Crippen LogP contribution is -2.09. The van der Waals surface area contributed by atoms with Gasteiger partial charge in [0.05, 0.1) is 6.26 Å². The highest BCUT2D eigenvalue weighted by Gasteiger charge is 2.29. The first-order valence-corrected chi connectivity index (χ1v) is 6.11. The van der Waals surface area contributed by atoms with Gasteiger partial charge in [0.25, 0.3) is 0 Å². The quantitative estimate of drug-likeness (QED) is 0.513. The van der Waals surface area contributed by atoms with Crippen LogP contribution in [0, 0.1) is 0 Å². The maximum absolute atomic E-state index is 10.4. The fourth-order valence-corrected chi connectivity index (χ4v) is 2.21. The lowest BCUT2D eigenvalue weighted by Gasteiger charge is -2.24. The molecule has 0 spiro atoms. The van der Waals surface area contributed by atoms with E-state index in [-0.39, 0.29) is 17.1 Å². The molecule has 2 aromatic rings. The van der Waals surface area contributed by atoms with Crippen molar-refractivity contribution in [2.24, 2.45) is 0 Å². The Kier molecular flexibility index (Phi) is 2.88. The lowest BCUT2D eigenvalue weighted by molar-refractivity contribution is 0.220. The standard InChI is InChI=1S/C15H12O6/c16-8-3-1-7(2-4-8)10-6-21-15-9(12(10)18)5-11(17)13(19)14(15)20/h1-6,12,16-20H. The SMILES string of the molecule is Oc1ccc(C2=COc3c(cc(O)c(O)c3O)C2O)cc1. The molecule has 0 saturated carbocycles. The van der Waals surface area contributed by atoms with Crippen LogP contribution in [0.25, 0.3) is 5.57 Å². The van der Waals surface area contributed by atoms with Crippen LogP contribution in [0.15, 0.2) is 36.6 Å². The lowest BCUT2D eigenvalue weighted by atomic mass is 9.93. The molecule has 108 valence electrons. The zero-order valence-corrected chi connectivity index (χ0v) is 10.7. The average molecular weight is 288 g/mol. The Morgan fingerprint density at radius 2 is 1.57 bits per heavy atom. The van der Waals surface area contributed by atoms with E-state index in [9.17, 15) is 25.5 Å². The number of aliphatic hydroxyl groups excluding tert-OH is 1. The molecule has 3 rings (SSSR count). The largest absolute Gasteiger partial charge is 0.508 e. The van der Waals surface area contributed by atoms with E-state index in [4.69, 9.17) is 4.74 Å². The highest BCUT2D eigenvalue weighted by molar-refractivity contribution is 5.75. The molecule has 1 aliphatic rings. The smallest absolute Gasteiger partial charge is 0.205 e. The van der Waals surface area contributed by atoms with Crippen LogP contribution in [0.4, 0.5) is 0 Å². The van der Waals surface area contributed by atoms with Gasteiger partial charge < -0.3 is 30.3 Å². The molecule has 1 aliphatic heterocycles. The first-order valence-electron chi connectivity index (χ1n) is 6.11. The van der Waals surface area contributed by atoms with Crippen LogP contribution in [0.1, 0.15) is 17.2 Å². The minimum Gasteiger partial charge on any atom is -0.508 e. The van der Waals surface area contributed by atoms with Crippen molar-refractivity contribution in [2.75, 3.05) is 0 Å². The summed E-state index contributed by atoms with van der Waals surface area (Å²) in [5, 5.41) is 48.4. The highest BCUT2D eigenvalue weighted by atomic mass is 16.5. The van der Waals surface area contributed by atoms with Crippen molar-refractivity contribution in [3.63, 3.8) is 0 Å². The second-order valence-corrected chi connectivity index (χ2v) is 4.65. The summed E-state index contributed by atoms with van der Waals surface area (Å²) in [7, 11) is 0. The van der Waals surface area contributed by atoms with E-state index in [0.717, 1.165) is 6.07 Å². The number of ether oxygens (including phenoxy) is 1. The molecule has 6 heteroatoms. The number of rotatable bonds is 1. The van der Waals surface area contributed by atoms with Crippen molar-refractivity contribution < 1.29 is 30.3 Å². The molecular formula is C15H12O6. The summed E-state index contributed by atoms with van der Waals surface area (Å²) in [6, 6.07) is 7.24. The summed E-state index contributed by atoms with van der Waals surface area (Å²) in [4.78, 5) is 0. The molecular weight excluding hydrogens is 276 g/mol. The predicted octanol–water partition coefficient (Wildman–Crippen LogP) is 1.98. The van der Waals surface area contributed by atoms with Gasteiger partial charge in [0, 0.05) is 11.1 Å². The number of phenolic OH excluding ortho intramolecular Hbond substituents is 4. The molecule has 1 atom stereocenters. The van der Waals surface area contributed by atoms with Crippen molar-refractivity contribution in [2.45, 2.75) is 6.10 Å². The Balaban J connectivity index is 2.08. The van der Waals surface area contributed by atoms with E-state index in [1.165, 1.54) is 18.4 Å². The van der Waals surface area contributed by atoms with E-state index in [1.54, 1.807) is 12.1 Å². The van der Waals surface area contributed by atoms with Gasteiger partial charge in [-0.25, -0.2) is 0 Å². The predicted molar refractivity (Wildman–Crippen MR) is 73.1 cm³/mol. The number of aromatic hydroxyl groups is 4. The fourth-order valence-electron chi connectivity index (χ4n) is 2.21. The van der Waals surface area contributed by atoms with Crippen LogP contribution in [0.3, 0.4) is 0 Å².